The Kier molecular flexibility index (Phi) is 3.08. The van der Waals surface area contributed by atoms with Crippen molar-refractivity contribution >= 4 is 23.2 Å². The first-order chi connectivity index (χ1) is 10.0. The molecule has 0 bridgehead atoms. The van der Waals surface area contributed by atoms with Gasteiger partial charge < -0.3 is 19.9 Å². The molecule has 3 rings (SSSR count). The van der Waals surface area contributed by atoms with Gasteiger partial charge in [0.2, 0.25) is 12.3 Å². The van der Waals surface area contributed by atoms with Crippen LogP contribution in [0, 0.1) is 0 Å². The summed E-state index contributed by atoms with van der Waals surface area (Å²) in [4.78, 5) is 29.9. The summed E-state index contributed by atoms with van der Waals surface area (Å²) in [5.74, 6) is -0.297. The lowest BCUT2D eigenvalue weighted by Crippen LogP contribution is -2.40. The Bertz CT molecular complexity index is 720. The Labute approximate surface area is 122 Å². The number of benzene rings is 1. The molecular weight excluding hydrogens is 270 g/mol. The van der Waals surface area contributed by atoms with E-state index in [1.807, 2.05) is 0 Å². The van der Waals surface area contributed by atoms with Crippen LogP contribution in [0.4, 0.5) is 0 Å². The van der Waals surface area contributed by atoms with Crippen molar-refractivity contribution in [2.24, 2.45) is 0 Å². The van der Waals surface area contributed by atoms with Crippen LogP contribution in [0.2, 0.25) is 0 Å². The summed E-state index contributed by atoms with van der Waals surface area (Å²) >= 11 is 0. The van der Waals surface area contributed by atoms with Crippen LogP contribution < -0.4 is 0 Å². The number of hydrogen-bond acceptors (Lipinski definition) is 3. The summed E-state index contributed by atoms with van der Waals surface area (Å²) in [6.45, 7) is 0.807. The number of H-pyrrole nitrogens is 1. The van der Waals surface area contributed by atoms with Gasteiger partial charge in [-0.1, -0.05) is 0 Å². The fraction of sp³-hybridized carbons (Fsp3) is 0.333. The molecule has 21 heavy (non-hydrogen) atoms. The quantitative estimate of drug-likeness (QED) is 0.810. The van der Waals surface area contributed by atoms with Gasteiger partial charge in [0.05, 0.1) is 12.5 Å². The van der Waals surface area contributed by atoms with Gasteiger partial charge in [-0.2, -0.15) is 0 Å². The maximum absolute atomic E-state index is 12.5. The first-order valence-electron chi connectivity index (χ1n) is 6.75. The normalized spacial score (nSPS) is 17.6. The van der Waals surface area contributed by atoms with Gasteiger partial charge in [-0.15, -0.1) is 0 Å². The number of phenolic OH excluding ortho intramolecular Hbond substituents is 1. The lowest BCUT2D eigenvalue weighted by atomic mass is 9.91. The first-order valence-corrected chi connectivity index (χ1v) is 6.75. The fourth-order valence-corrected chi connectivity index (χ4v) is 2.97. The van der Waals surface area contributed by atoms with Gasteiger partial charge in [-0.25, -0.2) is 0 Å². The van der Waals surface area contributed by atoms with Crippen LogP contribution in [0.5, 0.6) is 5.75 Å². The highest BCUT2D eigenvalue weighted by Gasteiger charge is 2.34. The molecule has 1 unspecified atom stereocenters. The van der Waals surface area contributed by atoms with Crippen molar-refractivity contribution in [1.29, 1.82) is 0 Å². The zero-order valence-corrected chi connectivity index (χ0v) is 12.0. The second-order valence-corrected chi connectivity index (χ2v) is 5.57. The minimum atomic E-state index is -0.413. The van der Waals surface area contributed by atoms with Gasteiger partial charge in [0.25, 0.3) is 0 Å². The highest BCUT2D eigenvalue weighted by atomic mass is 16.3. The Balaban J connectivity index is 2.20. The third kappa shape index (κ3) is 2.12. The molecule has 1 aliphatic rings. The summed E-state index contributed by atoms with van der Waals surface area (Å²) in [5.41, 5.74) is 2.61. The summed E-state index contributed by atoms with van der Waals surface area (Å²) in [6, 6.07) is 5.05. The number of phenols is 1. The molecule has 0 aliphatic carbocycles. The molecule has 110 valence electrons. The molecule has 2 amide bonds. The Morgan fingerprint density at radius 3 is 2.90 bits per heavy atom. The van der Waals surface area contributed by atoms with Crippen molar-refractivity contribution in [3.63, 3.8) is 0 Å². The number of amides is 2. The predicted molar refractivity (Wildman–Crippen MR) is 77.9 cm³/mol. The molecule has 6 heteroatoms. The maximum atomic E-state index is 12.5. The Morgan fingerprint density at radius 1 is 1.48 bits per heavy atom. The second kappa shape index (κ2) is 4.80. The molecule has 0 radical (unpaired) electrons. The molecule has 6 nitrogen and oxygen atoms in total. The molecule has 2 N–H and O–H groups in total. The average Bonchev–Trinajstić information content (AvgIpc) is 2.82. The lowest BCUT2D eigenvalue weighted by molar-refractivity contribution is -0.131. The number of nitrogens with one attached hydrogen (secondary N) is 1. The van der Waals surface area contributed by atoms with Gasteiger partial charge in [-0.3, -0.25) is 9.59 Å². The van der Waals surface area contributed by atoms with E-state index in [0.29, 0.717) is 13.1 Å². The van der Waals surface area contributed by atoms with Gasteiger partial charge >= 0.3 is 0 Å². The van der Waals surface area contributed by atoms with Crippen LogP contribution >= 0.6 is 0 Å². The third-order valence-electron chi connectivity index (χ3n) is 3.92. The van der Waals surface area contributed by atoms with E-state index in [-0.39, 0.29) is 11.7 Å². The highest BCUT2D eigenvalue weighted by molar-refractivity contribution is 5.94. The minimum Gasteiger partial charge on any atom is -0.508 e. The molecule has 0 spiro atoms. The number of rotatable bonds is 2. The first kappa shape index (κ1) is 13.5. The molecule has 0 fully saturated rings. The number of carbonyl (C=O) groups excluding carboxylic acids is 2. The van der Waals surface area contributed by atoms with Gasteiger partial charge in [0, 0.05) is 37.2 Å². The molecule has 1 aliphatic heterocycles. The second-order valence-electron chi connectivity index (χ2n) is 5.57. The molecule has 1 atom stereocenters. The molecule has 1 aromatic carbocycles. The largest absolute Gasteiger partial charge is 0.508 e. The molecule has 0 saturated carbocycles. The van der Waals surface area contributed by atoms with Crippen LogP contribution in [-0.4, -0.2) is 52.8 Å². The average molecular weight is 287 g/mol. The number of aromatic amines is 1. The van der Waals surface area contributed by atoms with Crippen molar-refractivity contribution in [1.82, 2.24) is 14.8 Å². The monoisotopic (exact) mass is 287 g/mol. The van der Waals surface area contributed by atoms with Gasteiger partial charge in [0.15, 0.2) is 0 Å². The third-order valence-corrected chi connectivity index (χ3v) is 3.92. The number of nitrogens with zero attached hydrogens (tertiary/aromatic N) is 2. The molecular formula is C15H17N3O3. The van der Waals surface area contributed by atoms with Crippen molar-refractivity contribution in [2.45, 2.75) is 12.5 Å². The van der Waals surface area contributed by atoms with E-state index < -0.39 is 5.92 Å². The van der Waals surface area contributed by atoms with Crippen LogP contribution in [0.3, 0.4) is 0 Å². The number of aromatic hydroxyl groups is 1. The van der Waals surface area contributed by atoms with E-state index in [9.17, 15) is 14.7 Å². The molecule has 1 aromatic heterocycles. The van der Waals surface area contributed by atoms with E-state index in [1.165, 1.54) is 4.90 Å². The summed E-state index contributed by atoms with van der Waals surface area (Å²) < 4.78 is 0. The van der Waals surface area contributed by atoms with Gasteiger partial charge in [-0.05, 0) is 23.8 Å². The topological polar surface area (TPSA) is 76.6 Å². The Morgan fingerprint density at radius 2 is 2.24 bits per heavy atom. The number of carbonyl (C=O) groups is 2. The van der Waals surface area contributed by atoms with E-state index in [1.54, 1.807) is 37.2 Å². The van der Waals surface area contributed by atoms with Gasteiger partial charge in [0.1, 0.15) is 5.75 Å². The minimum absolute atomic E-state index is 0.0490. The zero-order valence-electron chi connectivity index (χ0n) is 12.0. The summed E-state index contributed by atoms with van der Waals surface area (Å²) in [6.07, 6.45) is 0.766. The van der Waals surface area contributed by atoms with Crippen LogP contribution in [-0.2, 0) is 16.1 Å². The van der Waals surface area contributed by atoms with E-state index >= 15 is 0 Å². The van der Waals surface area contributed by atoms with Crippen LogP contribution in [0.1, 0.15) is 17.2 Å². The van der Waals surface area contributed by atoms with E-state index in [0.717, 1.165) is 28.6 Å². The Hall–Kier alpha value is -2.50. The highest BCUT2D eigenvalue weighted by Crippen LogP contribution is 2.36. The maximum Gasteiger partial charge on any atom is 0.231 e. The van der Waals surface area contributed by atoms with Crippen molar-refractivity contribution in [3.8, 4) is 5.75 Å². The summed E-state index contributed by atoms with van der Waals surface area (Å²) in [7, 11) is 3.41. The van der Waals surface area contributed by atoms with Crippen molar-refractivity contribution < 1.29 is 14.7 Å². The van der Waals surface area contributed by atoms with E-state index in [4.69, 9.17) is 0 Å². The fourth-order valence-electron chi connectivity index (χ4n) is 2.97. The van der Waals surface area contributed by atoms with E-state index in [2.05, 4.69) is 4.98 Å². The van der Waals surface area contributed by atoms with Crippen molar-refractivity contribution in [3.05, 3.63) is 29.5 Å². The number of likely N-dealkylation sites (N-methyl/N-ethyl adjacent to an activating group) is 1. The van der Waals surface area contributed by atoms with Crippen LogP contribution in [0.25, 0.3) is 10.9 Å². The SMILES string of the molecule is CN(C)C(=O)C1CN(C=O)Cc2[nH]c3ccc(O)cc3c21. The number of aromatic nitrogens is 1. The lowest BCUT2D eigenvalue weighted by Gasteiger charge is -2.31. The molecule has 2 heterocycles. The number of hydrogen-bond donors (Lipinski definition) is 2. The smallest absolute Gasteiger partial charge is 0.231 e. The van der Waals surface area contributed by atoms with Crippen molar-refractivity contribution in [2.75, 3.05) is 20.6 Å². The zero-order chi connectivity index (χ0) is 15.1. The number of fused-ring (bicyclic) bond motifs is 3. The molecule has 2 aromatic rings. The standard InChI is InChI=1S/C15H17N3O3/c1-17(2)15(21)11-6-18(8-19)7-13-14(11)10-5-9(20)3-4-12(10)16-13/h3-5,8,11,16,20H,6-7H2,1-2H3. The predicted octanol–water partition coefficient (Wildman–Crippen LogP) is 1.02. The molecule has 0 saturated heterocycles. The van der Waals surface area contributed by atoms with Crippen LogP contribution in [0.15, 0.2) is 18.2 Å². The summed E-state index contributed by atoms with van der Waals surface area (Å²) in [5, 5.41) is 10.5.